The normalized spacial score (nSPS) is 22.0. The molecule has 1 aliphatic carbocycles. The van der Waals surface area contributed by atoms with Gasteiger partial charge in [0.05, 0.1) is 12.0 Å². The van der Waals surface area contributed by atoms with E-state index in [2.05, 4.69) is 11.1 Å². The minimum absolute atomic E-state index is 0.500. The molecule has 1 unspecified atom stereocenters. The fourth-order valence-corrected chi connectivity index (χ4v) is 3.40. The number of thiazole rings is 1. The number of aromatic nitrogens is 1. The van der Waals surface area contributed by atoms with Gasteiger partial charge in [-0.05, 0) is 36.1 Å². The van der Waals surface area contributed by atoms with Crippen molar-refractivity contribution in [3.63, 3.8) is 0 Å². The highest BCUT2D eigenvalue weighted by atomic mass is 32.1. The van der Waals surface area contributed by atoms with Gasteiger partial charge >= 0.3 is 0 Å². The average molecular weight is 276 g/mol. The molecule has 0 fully saturated rings. The van der Waals surface area contributed by atoms with Gasteiger partial charge in [0.2, 0.25) is 0 Å². The second-order valence-corrected chi connectivity index (χ2v) is 5.97. The van der Waals surface area contributed by atoms with Gasteiger partial charge in [-0.3, -0.25) is 0 Å². The van der Waals surface area contributed by atoms with Gasteiger partial charge in [0, 0.05) is 12.6 Å². The number of aryl methyl sites for hydroxylation is 1. The number of anilines is 1. The summed E-state index contributed by atoms with van der Waals surface area (Å²) in [6.45, 7) is 0. The lowest BCUT2D eigenvalue weighted by Crippen LogP contribution is -2.32. The first kappa shape index (κ1) is 12.4. The molecule has 1 aromatic carbocycles. The molecule has 3 rings (SSSR count). The Morgan fingerprint density at radius 2 is 2.26 bits per heavy atom. The van der Waals surface area contributed by atoms with Crippen LogP contribution in [0.2, 0.25) is 0 Å². The molecule has 0 saturated heterocycles. The van der Waals surface area contributed by atoms with Crippen molar-refractivity contribution in [2.24, 2.45) is 0 Å². The van der Waals surface area contributed by atoms with Gasteiger partial charge in [-0.15, -0.1) is 0 Å². The van der Waals surface area contributed by atoms with Crippen molar-refractivity contribution in [1.29, 1.82) is 0 Å². The summed E-state index contributed by atoms with van der Waals surface area (Å²) in [5.74, 6) is 0.826. The lowest BCUT2D eigenvalue weighted by molar-refractivity contribution is 0.0257. The molecule has 1 heterocycles. The SMILES string of the molecule is COc1ccc2c(c1)CC(O)(c1cnc(N)s1)CC2. The molecule has 19 heavy (non-hydrogen) atoms. The van der Waals surface area contributed by atoms with Gasteiger partial charge in [-0.2, -0.15) is 0 Å². The first-order chi connectivity index (χ1) is 9.10. The lowest BCUT2D eigenvalue weighted by atomic mass is 9.80. The number of hydrogen-bond acceptors (Lipinski definition) is 5. The zero-order valence-corrected chi connectivity index (χ0v) is 11.5. The number of nitrogens with zero attached hydrogens (tertiary/aromatic N) is 1. The Morgan fingerprint density at radius 3 is 2.95 bits per heavy atom. The molecule has 4 nitrogen and oxygen atoms in total. The molecule has 0 amide bonds. The van der Waals surface area contributed by atoms with E-state index in [1.54, 1.807) is 13.3 Å². The summed E-state index contributed by atoms with van der Waals surface area (Å²) in [7, 11) is 1.65. The van der Waals surface area contributed by atoms with Crippen LogP contribution in [-0.4, -0.2) is 17.2 Å². The van der Waals surface area contributed by atoms with Crippen LogP contribution in [0.1, 0.15) is 22.4 Å². The number of nitrogens with two attached hydrogens (primary N) is 1. The molecule has 5 heteroatoms. The smallest absolute Gasteiger partial charge is 0.180 e. The molecular weight excluding hydrogens is 260 g/mol. The third kappa shape index (κ3) is 2.19. The maximum atomic E-state index is 10.8. The summed E-state index contributed by atoms with van der Waals surface area (Å²) in [6, 6.07) is 6.05. The maximum Gasteiger partial charge on any atom is 0.180 e. The number of methoxy groups -OCH3 is 1. The molecule has 0 radical (unpaired) electrons. The van der Waals surface area contributed by atoms with Crippen molar-refractivity contribution >= 4 is 16.5 Å². The second-order valence-electron chi connectivity index (χ2n) is 4.91. The zero-order chi connectivity index (χ0) is 13.5. The zero-order valence-electron chi connectivity index (χ0n) is 10.7. The van der Waals surface area contributed by atoms with Crippen molar-refractivity contribution in [2.45, 2.75) is 24.9 Å². The van der Waals surface area contributed by atoms with Crippen molar-refractivity contribution in [1.82, 2.24) is 4.98 Å². The standard InChI is InChI=1S/C14H16N2O2S/c1-18-11-3-2-9-4-5-14(17,7-10(9)6-11)12-8-16-13(15)19-12/h2-3,6,8,17H,4-5,7H2,1H3,(H2,15,16). The van der Waals surface area contributed by atoms with Crippen LogP contribution >= 0.6 is 11.3 Å². The molecule has 1 atom stereocenters. The highest BCUT2D eigenvalue weighted by molar-refractivity contribution is 7.15. The summed E-state index contributed by atoms with van der Waals surface area (Å²) < 4.78 is 5.25. The molecular formula is C14H16N2O2S. The topological polar surface area (TPSA) is 68.4 Å². The van der Waals surface area contributed by atoms with Crippen LogP contribution in [0.25, 0.3) is 0 Å². The van der Waals surface area contributed by atoms with E-state index in [0.717, 1.165) is 22.6 Å². The van der Waals surface area contributed by atoms with Gasteiger partial charge < -0.3 is 15.6 Å². The van der Waals surface area contributed by atoms with E-state index in [1.807, 2.05) is 12.1 Å². The number of rotatable bonds is 2. The molecule has 0 aliphatic heterocycles. The van der Waals surface area contributed by atoms with E-state index < -0.39 is 5.60 Å². The summed E-state index contributed by atoms with van der Waals surface area (Å²) >= 11 is 1.36. The average Bonchev–Trinajstić information content (AvgIpc) is 2.85. The largest absolute Gasteiger partial charge is 0.497 e. The fraction of sp³-hybridized carbons (Fsp3) is 0.357. The van der Waals surface area contributed by atoms with Crippen LogP contribution in [0.5, 0.6) is 5.75 Å². The highest BCUT2D eigenvalue weighted by Gasteiger charge is 2.35. The second kappa shape index (κ2) is 4.51. The Labute approximate surface area is 115 Å². The Kier molecular flexibility index (Phi) is 2.95. The van der Waals surface area contributed by atoms with E-state index in [1.165, 1.54) is 16.9 Å². The van der Waals surface area contributed by atoms with Crippen LogP contribution in [0, 0.1) is 0 Å². The van der Waals surface area contributed by atoms with Crippen LogP contribution in [-0.2, 0) is 18.4 Å². The number of nitrogen functional groups attached to an aromatic ring is 1. The van der Waals surface area contributed by atoms with Crippen LogP contribution in [0.15, 0.2) is 24.4 Å². The molecule has 0 saturated carbocycles. The van der Waals surface area contributed by atoms with Gasteiger partial charge in [0.25, 0.3) is 0 Å². The van der Waals surface area contributed by atoms with E-state index in [9.17, 15) is 5.11 Å². The van der Waals surface area contributed by atoms with Gasteiger partial charge in [0.1, 0.15) is 11.4 Å². The predicted molar refractivity (Wildman–Crippen MR) is 75.4 cm³/mol. The summed E-state index contributed by atoms with van der Waals surface area (Å²) in [5, 5.41) is 11.3. The number of ether oxygens (including phenoxy) is 1. The maximum absolute atomic E-state index is 10.8. The van der Waals surface area contributed by atoms with E-state index in [-0.39, 0.29) is 0 Å². The first-order valence-electron chi connectivity index (χ1n) is 6.21. The number of hydrogen-bond donors (Lipinski definition) is 2. The summed E-state index contributed by atoms with van der Waals surface area (Å²) in [4.78, 5) is 4.88. The molecule has 2 aromatic rings. The summed E-state index contributed by atoms with van der Waals surface area (Å²) in [6.07, 6.45) is 3.83. The highest BCUT2D eigenvalue weighted by Crippen LogP contribution is 2.40. The third-order valence-corrected chi connectivity index (χ3v) is 4.71. The first-order valence-corrected chi connectivity index (χ1v) is 7.02. The third-order valence-electron chi connectivity index (χ3n) is 3.69. The monoisotopic (exact) mass is 276 g/mol. The van der Waals surface area contributed by atoms with E-state index in [0.29, 0.717) is 18.0 Å². The number of aliphatic hydroxyl groups is 1. The van der Waals surface area contributed by atoms with Crippen molar-refractivity contribution < 1.29 is 9.84 Å². The van der Waals surface area contributed by atoms with Crippen molar-refractivity contribution in [3.05, 3.63) is 40.4 Å². The molecule has 1 aliphatic rings. The minimum atomic E-state index is -0.853. The molecule has 1 aromatic heterocycles. The quantitative estimate of drug-likeness (QED) is 0.881. The van der Waals surface area contributed by atoms with Crippen molar-refractivity contribution in [2.75, 3.05) is 12.8 Å². The van der Waals surface area contributed by atoms with Gasteiger partial charge in [0.15, 0.2) is 5.13 Å². The summed E-state index contributed by atoms with van der Waals surface area (Å²) in [5.41, 5.74) is 7.23. The van der Waals surface area contributed by atoms with Gasteiger partial charge in [-0.1, -0.05) is 17.4 Å². The van der Waals surface area contributed by atoms with Crippen LogP contribution in [0.4, 0.5) is 5.13 Å². The van der Waals surface area contributed by atoms with Crippen LogP contribution in [0.3, 0.4) is 0 Å². The number of fused-ring (bicyclic) bond motifs is 1. The Morgan fingerprint density at radius 1 is 1.42 bits per heavy atom. The van der Waals surface area contributed by atoms with Crippen LogP contribution < -0.4 is 10.5 Å². The Balaban J connectivity index is 1.96. The minimum Gasteiger partial charge on any atom is -0.497 e. The number of benzene rings is 1. The van der Waals surface area contributed by atoms with Gasteiger partial charge in [-0.25, -0.2) is 4.98 Å². The molecule has 0 spiro atoms. The Bertz CT molecular complexity index is 611. The predicted octanol–water partition coefficient (Wildman–Crippen LogP) is 2.11. The fourth-order valence-electron chi connectivity index (χ4n) is 2.60. The molecule has 3 N–H and O–H groups in total. The van der Waals surface area contributed by atoms with E-state index >= 15 is 0 Å². The lowest BCUT2D eigenvalue weighted by Gasteiger charge is -2.32. The molecule has 100 valence electrons. The van der Waals surface area contributed by atoms with E-state index in [4.69, 9.17) is 10.5 Å². The van der Waals surface area contributed by atoms with Crippen molar-refractivity contribution in [3.8, 4) is 5.75 Å². The molecule has 0 bridgehead atoms. The Hall–Kier alpha value is -1.59.